The van der Waals surface area contributed by atoms with Gasteiger partial charge in [0.15, 0.2) is 0 Å². The highest BCUT2D eigenvalue weighted by Gasteiger charge is 2.32. The smallest absolute Gasteiger partial charge is 0.136 e. The van der Waals surface area contributed by atoms with Gasteiger partial charge in [0.25, 0.3) is 0 Å². The fourth-order valence-corrected chi connectivity index (χ4v) is 2.53. The molecule has 0 amide bonds. The molecule has 1 fully saturated rings. The summed E-state index contributed by atoms with van der Waals surface area (Å²) >= 11 is 0. The Morgan fingerprint density at radius 3 is 3.17 bits per heavy atom. The summed E-state index contributed by atoms with van der Waals surface area (Å²) in [5.41, 5.74) is 1.42. The lowest BCUT2D eigenvalue weighted by molar-refractivity contribution is -0.126. The largest absolute Gasteiger partial charge is 0.299 e. The van der Waals surface area contributed by atoms with Gasteiger partial charge in [0.1, 0.15) is 5.78 Å². The number of Topliss-reactive ketones (excluding diaryl/α,β-unsaturated/α-hetero) is 1. The van der Waals surface area contributed by atoms with E-state index >= 15 is 0 Å². The first-order chi connectivity index (χ1) is 5.77. The normalized spacial score (nSPS) is 35.8. The summed E-state index contributed by atoms with van der Waals surface area (Å²) < 4.78 is 0. The number of fused-ring (bicyclic) bond motifs is 1. The van der Waals surface area contributed by atoms with E-state index in [2.05, 4.69) is 13.0 Å². The number of allylic oxidation sites excluding steroid dienone is 2. The zero-order chi connectivity index (χ0) is 8.55. The molecule has 2 unspecified atom stereocenters. The predicted molar refractivity (Wildman–Crippen MR) is 48.8 cm³/mol. The molecule has 0 spiro atoms. The van der Waals surface area contributed by atoms with Crippen LogP contribution in [0.1, 0.15) is 39.0 Å². The minimum absolute atomic E-state index is 0.392. The van der Waals surface area contributed by atoms with Gasteiger partial charge in [-0.3, -0.25) is 4.79 Å². The lowest BCUT2D eigenvalue weighted by Gasteiger charge is -2.33. The van der Waals surface area contributed by atoms with E-state index in [1.807, 2.05) is 0 Å². The molecule has 0 bridgehead atoms. The van der Waals surface area contributed by atoms with Gasteiger partial charge in [-0.1, -0.05) is 11.6 Å². The van der Waals surface area contributed by atoms with E-state index in [9.17, 15) is 4.79 Å². The van der Waals surface area contributed by atoms with Gasteiger partial charge in [-0.25, -0.2) is 0 Å². The van der Waals surface area contributed by atoms with Crippen molar-refractivity contribution < 1.29 is 4.79 Å². The fraction of sp³-hybridized carbons (Fsp3) is 0.727. The van der Waals surface area contributed by atoms with Gasteiger partial charge < -0.3 is 0 Å². The molecule has 66 valence electrons. The number of carbonyl (C=O) groups excluding carboxylic acids is 1. The van der Waals surface area contributed by atoms with Gasteiger partial charge in [-0.15, -0.1) is 0 Å². The van der Waals surface area contributed by atoms with Crippen molar-refractivity contribution in [2.45, 2.75) is 39.0 Å². The van der Waals surface area contributed by atoms with Gasteiger partial charge >= 0.3 is 0 Å². The van der Waals surface area contributed by atoms with Gasteiger partial charge in [0.05, 0.1) is 0 Å². The second-order valence-electron chi connectivity index (χ2n) is 4.22. The molecule has 0 saturated heterocycles. The number of rotatable bonds is 0. The lowest BCUT2D eigenvalue weighted by atomic mass is 9.71. The van der Waals surface area contributed by atoms with Crippen molar-refractivity contribution in [3.63, 3.8) is 0 Å². The Bertz CT molecular complexity index is 227. The Balaban J connectivity index is 2.15. The molecule has 0 radical (unpaired) electrons. The summed E-state index contributed by atoms with van der Waals surface area (Å²) in [6, 6.07) is 0. The van der Waals surface area contributed by atoms with Crippen LogP contribution in [-0.4, -0.2) is 5.78 Å². The van der Waals surface area contributed by atoms with E-state index in [1.165, 1.54) is 12.0 Å². The number of carbonyl (C=O) groups is 1. The van der Waals surface area contributed by atoms with Crippen LogP contribution in [0.4, 0.5) is 0 Å². The van der Waals surface area contributed by atoms with Gasteiger partial charge in [-0.2, -0.15) is 0 Å². The quantitative estimate of drug-likeness (QED) is 0.503. The lowest BCUT2D eigenvalue weighted by Crippen LogP contribution is -2.30. The van der Waals surface area contributed by atoms with Crippen LogP contribution in [0, 0.1) is 11.8 Å². The van der Waals surface area contributed by atoms with Crippen molar-refractivity contribution in [2.24, 2.45) is 11.8 Å². The van der Waals surface area contributed by atoms with Crippen LogP contribution in [0.2, 0.25) is 0 Å². The summed E-state index contributed by atoms with van der Waals surface area (Å²) in [7, 11) is 0. The molecule has 0 aromatic carbocycles. The highest BCUT2D eigenvalue weighted by atomic mass is 16.1. The molecule has 1 saturated carbocycles. The molecule has 0 aliphatic heterocycles. The molecule has 2 rings (SSSR count). The first kappa shape index (κ1) is 8.03. The molecule has 0 heterocycles. The van der Waals surface area contributed by atoms with E-state index in [0.717, 1.165) is 25.7 Å². The van der Waals surface area contributed by atoms with Crippen molar-refractivity contribution in [1.82, 2.24) is 0 Å². The van der Waals surface area contributed by atoms with Crippen LogP contribution in [0.15, 0.2) is 11.6 Å². The SMILES string of the molecule is CC1=CCC2CCCC(=O)C2C1. The minimum atomic E-state index is 0.392. The zero-order valence-corrected chi connectivity index (χ0v) is 7.68. The first-order valence-electron chi connectivity index (χ1n) is 4.95. The average molecular weight is 164 g/mol. The predicted octanol–water partition coefficient (Wildman–Crippen LogP) is 2.71. The van der Waals surface area contributed by atoms with Crippen LogP contribution in [0.25, 0.3) is 0 Å². The molecule has 12 heavy (non-hydrogen) atoms. The molecule has 2 aliphatic carbocycles. The number of ketones is 1. The molecule has 2 aliphatic rings. The molecule has 0 aromatic rings. The van der Waals surface area contributed by atoms with Crippen molar-refractivity contribution >= 4 is 5.78 Å². The standard InChI is InChI=1S/C11H16O/c1-8-5-6-9-3-2-4-11(12)10(9)7-8/h5,9-10H,2-4,6-7H2,1H3. The summed E-state index contributed by atoms with van der Waals surface area (Å²) in [5, 5.41) is 0. The molecular weight excluding hydrogens is 148 g/mol. The average Bonchev–Trinajstić information content (AvgIpc) is 2.07. The van der Waals surface area contributed by atoms with Crippen molar-refractivity contribution in [3.05, 3.63) is 11.6 Å². The van der Waals surface area contributed by atoms with E-state index in [4.69, 9.17) is 0 Å². The molecule has 0 aromatic heterocycles. The van der Waals surface area contributed by atoms with Crippen LogP contribution in [-0.2, 0) is 4.79 Å². The summed E-state index contributed by atoms with van der Waals surface area (Å²) in [4.78, 5) is 11.5. The molecule has 1 nitrogen and oxygen atoms in total. The highest BCUT2D eigenvalue weighted by molar-refractivity contribution is 5.82. The maximum Gasteiger partial charge on any atom is 0.136 e. The Morgan fingerprint density at radius 2 is 2.33 bits per heavy atom. The third-order valence-electron chi connectivity index (χ3n) is 3.29. The van der Waals surface area contributed by atoms with E-state index in [-0.39, 0.29) is 0 Å². The maximum absolute atomic E-state index is 11.5. The Morgan fingerprint density at radius 1 is 1.50 bits per heavy atom. The third kappa shape index (κ3) is 1.33. The monoisotopic (exact) mass is 164 g/mol. The first-order valence-corrected chi connectivity index (χ1v) is 4.95. The van der Waals surface area contributed by atoms with Crippen LogP contribution in [0.5, 0.6) is 0 Å². The van der Waals surface area contributed by atoms with Crippen LogP contribution in [0.3, 0.4) is 0 Å². The van der Waals surface area contributed by atoms with Crippen LogP contribution >= 0.6 is 0 Å². The second-order valence-corrected chi connectivity index (χ2v) is 4.22. The fourth-order valence-electron chi connectivity index (χ4n) is 2.53. The molecule has 2 atom stereocenters. The third-order valence-corrected chi connectivity index (χ3v) is 3.29. The van der Waals surface area contributed by atoms with Crippen molar-refractivity contribution in [1.29, 1.82) is 0 Å². The zero-order valence-electron chi connectivity index (χ0n) is 7.68. The van der Waals surface area contributed by atoms with Crippen LogP contribution < -0.4 is 0 Å². The van der Waals surface area contributed by atoms with Crippen molar-refractivity contribution in [2.75, 3.05) is 0 Å². The minimum Gasteiger partial charge on any atom is -0.299 e. The van der Waals surface area contributed by atoms with Gasteiger partial charge in [-0.05, 0) is 38.5 Å². The molecule has 0 N–H and O–H groups in total. The highest BCUT2D eigenvalue weighted by Crippen LogP contribution is 2.37. The van der Waals surface area contributed by atoms with E-state index < -0.39 is 0 Å². The summed E-state index contributed by atoms with van der Waals surface area (Å²) in [5.74, 6) is 1.61. The van der Waals surface area contributed by atoms with Crippen molar-refractivity contribution in [3.8, 4) is 0 Å². The Hall–Kier alpha value is -0.590. The van der Waals surface area contributed by atoms with E-state index in [0.29, 0.717) is 17.6 Å². The Kier molecular flexibility index (Phi) is 2.03. The summed E-state index contributed by atoms with van der Waals surface area (Å²) in [6.07, 6.45) is 7.77. The summed E-state index contributed by atoms with van der Waals surface area (Å²) in [6.45, 7) is 2.15. The van der Waals surface area contributed by atoms with E-state index in [1.54, 1.807) is 0 Å². The second kappa shape index (κ2) is 3.04. The number of hydrogen-bond acceptors (Lipinski definition) is 1. The topological polar surface area (TPSA) is 17.1 Å². The molecule has 1 heteroatoms. The van der Waals surface area contributed by atoms with Gasteiger partial charge in [0.2, 0.25) is 0 Å². The number of hydrogen-bond donors (Lipinski definition) is 0. The Labute approximate surface area is 73.8 Å². The maximum atomic E-state index is 11.5. The van der Waals surface area contributed by atoms with Gasteiger partial charge in [0, 0.05) is 12.3 Å². The molecular formula is C11H16O.